The van der Waals surface area contributed by atoms with E-state index in [1.165, 1.54) is 0 Å². The fraction of sp³-hybridized carbons (Fsp3) is 1.00. The minimum absolute atomic E-state index is 0.127. The Morgan fingerprint density at radius 2 is 2.08 bits per heavy atom. The van der Waals surface area contributed by atoms with Gasteiger partial charge in [-0.25, -0.2) is 0 Å². The van der Waals surface area contributed by atoms with Gasteiger partial charge in [0, 0.05) is 0 Å². The van der Waals surface area contributed by atoms with Gasteiger partial charge in [0.15, 0.2) is 6.29 Å². The molecule has 0 amide bonds. The van der Waals surface area contributed by atoms with Gasteiger partial charge in [0.2, 0.25) is 0 Å². The molecule has 1 fully saturated rings. The molecule has 4 unspecified atom stereocenters. The molecule has 78 valence electrons. The highest BCUT2D eigenvalue weighted by molar-refractivity contribution is 4.71. The first kappa shape index (κ1) is 11.0. The molecule has 4 atom stereocenters. The first-order valence-electron chi connectivity index (χ1n) is 5.10. The maximum Gasteiger partial charge on any atom is 0.155 e. The molecular weight excluding hydrogens is 168 g/mol. The van der Waals surface area contributed by atoms with E-state index >= 15 is 0 Å². The Balaban J connectivity index is 2.32. The zero-order valence-corrected chi connectivity index (χ0v) is 8.69. The van der Waals surface area contributed by atoms with Gasteiger partial charge < -0.3 is 14.6 Å². The monoisotopic (exact) mass is 188 g/mol. The van der Waals surface area contributed by atoms with E-state index in [4.69, 9.17) is 9.47 Å². The van der Waals surface area contributed by atoms with Crippen molar-refractivity contribution >= 4 is 0 Å². The second-order valence-corrected chi connectivity index (χ2v) is 3.81. The van der Waals surface area contributed by atoms with E-state index in [0.29, 0.717) is 0 Å². The van der Waals surface area contributed by atoms with Crippen molar-refractivity contribution in [2.75, 3.05) is 0 Å². The molecule has 3 nitrogen and oxygen atoms in total. The number of ether oxygens (including phenoxy) is 2. The van der Waals surface area contributed by atoms with Gasteiger partial charge in [-0.2, -0.15) is 0 Å². The number of hydrogen-bond donors (Lipinski definition) is 1. The summed E-state index contributed by atoms with van der Waals surface area (Å²) < 4.78 is 11.0. The molecule has 1 aliphatic heterocycles. The van der Waals surface area contributed by atoms with Crippen LogP contribution in [0, 0.1) is 0 Å². The molecule has 0 aliphatic carbocycles. The SMILES string of the molecule is CCC(O)CC1CC(C)OC(C)O1. The normalized spacial score (nSPS) is 37.4. The van der Waals surface area contributed by atoms with E-state index in [2.05, 4.69) is 0 Å². The molecule has 1 rings (SSSR count). The van der Waals surface area contributed by atoms with Gasteiger partial charge in [-0.15, -0.1) is 0 Å². The third-order valence-electron chi connectivity index (χ3n) is 2.41. The highest BCUT2D eigenvalue weighted by Crippen LogP contribution is 2.21. The summed E-state index contributed by atoms with van der Waals surface area (Å²) in [5.74, 6) is 0. The van der Waals surface area contributed by atoms with Crippen molar-refractivity contribution in [3.63, 3.8) is 0 Å². The molecule has 0 saturated carbocycles. The highest BCUT2D eigenvalue weighted by Gasteiger charge is 2.26. The average Bonchev–Trinajstić information content (AvgIpc) is 2.02. The van der Waals surface area contributed by atoms with Crippen molar-refractivity contribution in [1.82, 2.24) is 0 Å². The molecule has 13 heavy (non-hydrogen) atoms. The fourth-order valence-electron chi connectivity index (χ4n) is 1.73. The van der Waals surface area contributed by atoms with Crippen LogP contribution >= 0.6 is 0 Å². The van der Waals surface area contributed by atoms with Crippen LogP contribution in [0.15, 0.2) is 0 Å². The molecule has 0 bridgehead atoms. The Hall–Kier alpha value is -0.120. The molecule has 0 radical (unpaired) electrons. The molecule has 0 aromatic carbocycles. The summed E-state index contributed by atoms with van der Waals surface area (Å²) in [5, 5.41) is 9.46. The highest BCUT2D eigenvalue weighted by atomic mass is 16.7. The molecule has 1 heterocycles. The van der Waals surface area contributed by atoms with Crippen LogP contribution in [-0.4, -0.2) is 29.7 Å². The van der Waals surface area contributed by atoms with Gasteiger partial charge >= 0.3 is 0 Å². The third-order valence-corrected chi connectivity index (χ3v) is 2.41. The molecule has 0 aromatic heterocycles. The largest absolute Gasteiger partial charge is 0.393 e. The van der Waals surface area contributed by atoms with E-state index in [0.717, 1.165) is 19.3 Å². The van der Waals surface area contributed by atoms with Gasteiger partial charge in [0.05, 0.1) is 18.3 Å². The first-order valence-corrected chi connectivity index (χ1v) is 5.10. The Kier molecular flexibility index (Phi) is 4.16. The smallest absolute Gasteiger partial charge is 0.155 e. The van der Waals surface area contributed by atoms with Crippen molar-refractivity contribution in [1.29, 1.82) is 0 Å². The average molecular weight is 188 g/mol. The molecule has 0 aromatic rings. The van der Waals surface area contributed by atoms with Crippen molar-refractivity contribution < 1.29 is 14.6 Å². The second-order valence-electron chi connectivity index (χ2n) is 3.81. The minimum Gasteiger partial charge on any atom is -0.393 e. The number of aliphatic hydroxyl groups excluding tert-OH is 1. The summed E-state index contributed by atoms with van der Waals surface area (Å²) in [4.78, 5) is 0. The number of rotatable bonds is 3. The summed E-state index contributed by atoms with van der Waals surface area (Å²) in [6.07, 6.45) is 2.46. The van der Waals surface area contributed by atoms with Crippen molar-refractivity contribution in [3.8, 4) is 0 Å². The summed E-state index contributed by atoms with van der Waals surface area (Å²) in [5.41, 5.74) is 0. The molecular formula is C10H20O3. The van der Waals surface area contributed by atoms with E-state index in [-0.39, 0.29) is 24.6 Å². The first-order chi connectivity index (χ1) is 6.11. The van der Waals surface area contributed by atoms with Crippen LogP contribution in [0.5, 0.6) is 0 Å². The van der Waals surface area contributed by atoms with Crippen LogP contribution in [0.25, 0.3) is 0 Å². The second kappa shape index (κ2) is 4.94. The van der Waals surface area contributed by atoms with Gasteiger partial charge in [-0.05, 0) is 33.1 Å². The molecule has 0 spiro atoms. The number of hydrogen-bond acceptors (Lipinski definition) is 3. The van der Waals surface area contributed by atoms with E-state index in [9.17, 15) is 5.11 Å². The van der Waals surface area contributed by atoms with E-state index in [1.54, 1.807) is 0 Å². The van der Waals surface area contributed by atoms with Crippen LogP contribution in [0.3, 0.4) is 0 Å². The fourth-order valence-corrected chi connectivity index (χ4v) is 1.73. The summed E-state index contributed by atoms with van der Waals surface area (Å²) in [6, 6.07) is 0. The minimum atomic E-state index is -0.234. The topological polar surface area (TPSA) is 38.7 Å². The summed E-state index contributed by atoms with van der Waals surface area (Å²) >= 11 is 0. The lowest BCUT2D eigenvalue weighted by atomic mass is 10.0. The Morgan fingerprint density at radius 1 is 1.38 bits per heavy atom. The van der Waals surface area contributed by atoms with Gasteiger partial charge in [-0.1, -0.05) is 6.92 Å². The quantitative estimate of drug-likeness (QED) is 0.732. The van der Waals surface area contributed by atoms with Crippen LogP contribution in [0.4, 0.5) is 0 Å². The Labute approximate surface area is 80.0 Å². The van der Waals surface area contributed by atoms with Crippen molar-refractivity contribution in [2.45, 2.75) is 64.6 Å². The van der Waals surface area contributed by atoms with Gasteiger partial charge in [0.1, 0.15) is 0 Å². The zero-order chi connectivity index (χ0) is 9.84. The van der Waals surface area contributed by atoms with Crippen molar-refractivity contribution in [2.24, 2.45) is 0 Å². The maximum absolute atomic E-state index is 9.46. The van der Waals surface area contributed by atoms with Gasteiger partial charge in [-0.3, -0.25) is 0 Å². The lowest BCUT2D eigenvalue weighted by Gasteiger charge is -2.33. The number of aliphatic hydroxyl groups is 1. The molecule has 3 heteroatoms. The predicted octanol–water partition coefficient (Wildman–Crippen LogP) is 1.69. The third kappa shape index (κ3) is 3.63. The van der Waals surface area contributed by atoms with E-state index < -0.39 is 0 Å². The predicted molar refractivity (Wildman–Crippen MR) is 50.4 cm³/mol. The lowest BCUT2D eigenvalue weighted by molar-refractivity contribution is -0.234. The summed E-state index contributed by atoms with van der Waals surface area (Å²) in [6.45, 7) is 5.93. The lowest BCUT2D eigenvalue weighted by Crippen LogP contribution is -2.36. The van der Waals surface area contributed by atoms with Crippen LogP contribution < -0.4 is 0 Å². The zero-order valence-electron chi connectivity index (χ0n) is 8.69. The Bertz CT molecular complexity index is 139. The molecule has 1 saturated heterocycles. The maximum atomic E-state index is 9.46. The Morgan fingerprint density at radius 3 is 2.62 bits per heavy atom. The molecule has 1 aliphatic rings. The summed E-state index contributed by atoms with van der Waals surface area (Å²) in [7, 11) is 0. The van der Waals surface area contributed by atoms with Crippen molar-refractivity contribution in [3.05, 3.63) is 0 Å². The van der Waals surface area contributed by atoms with Gasteiger partial charge in [0.25, 0.3) is 0 Å². The molecule has 1 N–H and O–H groups in total. The van der Waals surface area contributed by atoms with Crippen LogP contribution in [0.2, 0.25) is 0 Å². The standard InChI is InChI=1S/C10H20O3/c1-4-9(11)6-10-5-7(2)12-8(3)13-10/h7-11H,4-6H2,1-3H3. The van der Waals surface area contributed by atoms with E-state index in [1.807, 2.05) is 20.8 Å². The van der Waals surface area contributed by atoms with Crippen LogP contribution in [0.1, 0.15) is 40.0 Å². The van der Waals surface area contributed by atoms with Crippen LogP contribution in [-0.2, 0) is 9.47 Å².